The summed E-state index contributed by atoms with van der Waals surface area (Å²) in [5, 5.41) is 2.91. The number of ether oxygens (including phenoxy) is 1. The molecule has 30 heavy (non-hydrogen) atoms. The summed E-state index contributed by atoms with van der Waals surface area (Å²) >= 11 is 0. The standard InChI is InChI=1S/C24H31N3O3/c1-30-17-5-12-25-23(28)19-26-13-15-27(16-14-26)24(29)18-20-8-10-22(11-9-20)21-6-3-2-4-7-21/h2-4,6-11H,5,12-19H2,1H3,(H,25,28). The molecular formula is C24H31N3O3. The monoisotopic (exact) mass is 409 g/mol. The van der Waals surface area contributed by atoms with Crippen LogP contribution in [-0.2, 0) is 20.7 Å². The molecule has 1 heterocycles. The first-order valence-electron chi connectivity index (χ1n) is 10.6. The summed E-state index contributed by atoms with van der Waals surface area (Å²) in [6, 6.07) is 18.4. The zero-order chi connectivity index (χ0) is 21.2. The number of rotatable bonds is 9. The molecule has 160 valence electrons. The van der Waals surface area contributed by atoms with Crippen molar-refractivity contribution in [3.63, 3.8) is 0 Å². The van der Waals surface area contributed by atoms with E-state index in [4.69, 9.17) is 4.74 Å². The highest BCUT2D eigenvalue weighted by Crippen LogP contribution is 2.19. The minimum atomic E-state index is 0.0318. The lowest BCUT2D eigenvalue weighted by Gasteiger charge is -2.34. The molecule has 0 bridgehead atoms. The minimum absolute atomic E-state index is 0.0318. The number of piperazine rings is 1. The average Bonchev–Trinajstić information content (AvgIpc) is 2.78. The molecule has 0 saturated carbocycles. The molecule has 1 saturated heterocycles. The van der Waals surface area contributed by atoms with E-state index >= 15 is 0 Å². The third kappa shape index (κ3) is 6.68. The fraction of sp³-hybridized carbons (Fsp3) is 0.417. The van der Waals surface area contributed by atoms with Gasteiger partial charge in [0.2, 0.25) is 11.8 Å². The Hall–Kier alpha value is -2.70. The lowest BCUT2D eigenvalue weighted by atomic mass is 10.0. The summed E-state index contributed by atoms with van der Waals surface area (Å²) in [5.74, 6) is 0.176. The number of nitrogens with zero attached hydrogens (tertiary/aromatic N) is 2. The van der Waals surface area contributed by atoms with Gasteiger partial charge < -0.3 is 15.0 Å². The lowest BCUT2D eigenvalue weighted by Crippen LogP contribution is -2.51. The Morgan fingerprint density at radius 3 is 2.27 bits per heavy atom. The van der Waals surface area contributed by atoms with Crippen LogP contribution in [-0.4, -0.2) is 74.6 Å². The second-order valence-electron chi connectivity index (χ2n) is 7.59. The van der Waals surface area contributed by atoms with E-state index in [2.05, 4.69) is 34.5 Å². The maximum absolute atomic E-state index is 12.7. The maximum Gasteiger partial charge on any atom is 0.234 e. The van der Waals surface area contributed by atoms with E-state index in [-0.39, 0.29) is 11.8 Å². The average molecular weight is 410 g/mol. The zero-order valence-electron chi connectivity index (χ0n) is 17.7. The van der Waals surface area contributed by atoms with Crippen LogP contribution in [0.3, 0.4) is 0 Å². The van der Waals surface area contributed by atoms with E-state index in [1.54, 1.807) is 7.11 Å². The first-order chi connectivity index (χ1) is 14.7. The summed E-state index contributed by atoms with van der Waals surface area (Å²) in [6.45, 7) is 4.45. The van der Waals surface area contributed by atoms with E-state index in [0.29, 0.717) is 39.2 Å². The SMILES string of the molecule is COCCCNC(=O)CN1CCN(C(=O)Cc2ccc(-c3ccccc3)cc2)CC1. The minimum Gasteiger partial charge on any atom is -0.385 e. The van der Waals surface area contributed by atoms with Crippen LogP contribution in [0, 0.1) is 0 Å². The molecule has 0 spiro atoms. The normalized spacial score (nSPS) is 14.5. The largest absolute Gasteiger partial charge is 0.385 e. The van der Waals surface area contributed by atoms with E-state index in [9.17, 15) is 9.59 Å². The van der Waals surface area contributed by atoms with Gasteiger partial charge in [0.05, 0.1) is 13.0 Å². The van der Waals surface area contributed by atoms with Crippen molar-refractivity contribution in [1.29, 1.82) is 0 Å². The first-order valence-corrected chi connectivity index (χ1v) is 10.6. The van der Waals surface area contributed by atoms with Crippen LogP contribution < -0.4 is 5.32 Å². The molecule has 6 heteroatoms. The molecule has 2 amide bonds. The molecule has 0 atom stereocenters. The quantitative estimate of drug-likeness (QED) is 0.645. The number of hydrogen-bond donors (Lipinski definition) is 1. The highest BCUT2D eigenvalue weighted by molar-refractivity contribution is 5.80. The predicted octanol–water partition coefficient (Wildman–Crippen LogP) is 2.19. The van der Waals surface area contributed by atoms with Crippen LogP contribution >= 0.6 is 0 Å². The topological polar surface area (TPSA) is 61.9 Å². The predicted molar refractivity (Wildman–Crippen MR) is 118 cm³/mol. The van der Waals surface area contributed by atoms with E-state index in [1.807, 2.05) is 35.2 Å². The second kappa shape index (κ2) is 11.5. The van der Waals surface area contributed by atoms with Crippen molar-refractivity contribution in [2.24, 2.45) is 0 Å². The third-order valence-electron chi connectivity index (χ3n) is 5.36. The van der Waals surface area contributed by atoms with Crippen molar-refractivity contribution in [1.82, 2.24) is 15.1 Å². The van der Waals surface area contributed by atoms with Gasteiger partial charge in [-0.3, -0.25) is 14.5 Å². The Balaban J connectivity index is 1.40. The van der Waals surface area contributed by atoms with Gasteiger partial charge in [0.25, 0.3) is 0 Å². The molecular weight excluding hydrogens is 378 g/mol. The first kappa shape index (κ1) is 22.0. The highest BCUT2D eigenvalue weighted by atomic mass is 16.5. The fourth-order valence-corrected chi connectivity index (χ4v) is 3.59. The molecule has 0 unspecified atom stereocenters. The molecule has 3 rings (SSSR count). The summed E-state index contributed by atoms with van der Waals surface area (Å²) in [6.07, 6.45) is 1.23. The molecule has 1 aliphatic rings. The number of carbonyl (C=O) groups excluding carboxylic acids is 2. The highest BCUT2D eigenvalue weighted by Gasteiger charge is 2.22. The van der Waals surface area contributed by atoms with Gasteiger partial charge >= 0.3 is 0 Å². The molecule has 0 radical (unpaired) electrons. The molecule has 0 aromatic heterocycles. The van der Waals surface area contributed by atoms with Crippen LogP contribution in [0.25, 0.3) is 11.1 Å². The van der Waals surface area contributed by atoms with Gasteiger partial charge in [-0.15, -0.1) is 0 Å². The molecule has 2 aromatic carbocycles. The van der Waals surface area contributed by atoms with Crippen LogP contribution in [0.1, 0.15) is 12.0 Å². The zero-order valence-corrected chi connectivity index (χ0v) is 17.7. The fourth-order valence-electron chi connectivity index (χ4n) is 3.59. The van der Waals surface area contributed by atoms with Gasteiger partial charge in [-0.25, -0.2) is 0 Å². The Bertz CT molecular complexity index is 800. The molecule has 2 aromatic rings. The van der Waals surface area contributed by atoms with Gasteiger partial charge in [0.1, 0.15) is 0 Å². The van der Waals surface area contributed by atoms with Crippen molar-refractivity contribution in [3.8, 4) is 11.1 Å². The molecule has 1 aliphatic heterocycles. The summed E-state index contributed by atoms with van der Waals surface area (Å²) in [7, 11) is 1.66. The Morgan fingerprint density at radius 2 is 1.60 bits per heavy atom. The van der Waals surface area contributed by atoms with Gasteiger partial charge in [-0.2, -0.15) is 0 Å². The van der Waals surface area contributed by atoms with Crippen molar-refractivity contribution in [3.05, 3.63) is 60.2 Å². The van der Waals surface area contributed by atoms with Crippen LogP contribution in [0.15, 0.2) is 54.6 Å². The maximum atomic E-state index is 12.7. The van der Waals surface area contributed by atoms with Crippen molar-refractivity contribution in [2.75, 3.05) is 53.0 Å². The van der Waals surface area contributed by atoms with Crippen LogP contribution in [0.5, 0.6) is 0 Å². The van der Waals surface area contributed by atoms with Crippen molar-refractivity contribution < 1.29 is 14.3 Å². The summed E-state index contributed by atoms with van der Waals surface area (Å²) in [4.78, 5) is 28.7. The van der Waals surface area contributed by atoms with Crippen LogP contribution in [0.2, 0.25) is 0 Å². The molecule has 1 N–H and O–H groups in total. The number of amides is 2. The number of benzene rings is 2. The smallest absolute Gasteiger partial charge is 0.234 e. The summed E-state index contributed by atoms with van der Waals surface area (Å²) in [5.41, 5.74) is 3.35. The molecule has 0 aliphatic carbocycles. The Kier molecular flexibility index (Phi) is 8.41. The number of methoxy groups -OCH3 is 1. The Morgan fingerprint density at radius 1 is 0.933 bits per heavy atom. The molecule has 1 fully saturated rings. The number of nitrogens with one attached hydrogen (secondary N) is 1. The number of hydrogen-bond acceptors (Lipinski definition) is 4. The van der Waals surface area contributed by atoms with E-state index < -0.39 is 0 Å². The van der Waals surface area contributed by atoms with Gasteiger partial charge in [0.15, 0.2) is 0 Å². The van der Waals surface area contributed by atoms with Crippen molar-refractivity contribution >= 4 is 11.8 Å². The Labute approximate surface area is 178 Å². The number of carbonyl (C=O) groups is 2. The van der Waals surface area contributed by atoms with Gasteiger partial charge in [0, 0.05) is 46.4 Å². The van der Waals surface area contributed by atoms with E-state index in [0.717, 1.165) is 30.6 Å². The lowest BCUT2D eigenvalue weighted by molar-refractivity contribution is -0.132. The van der Waals surface area contributed by atoms with Gasteiger partial charge in [-0.05, 0) is 23.1 Å². The summed E-state index contributed by atoms with van der Waals surface area (Å²) < 4.78 is 4.98. The van der Waals surface area contributed by atoms with Crippen LogP contribution in [0.4, 0.5) is 0 Å². The van der Waals surface area contributed by atoms with Crippen molar-refractivity contribution in [2.45, 2.75) is 12.8 Å². The molecule has 6 nitrogen and oxygen atoms in total. The third-order valence-corrected chi connectivity index (χ3v) is 5.36. The van der Waals surface area contributed by atoms with Gasteiger partial charge in [-0.1, -0.05) is 54.6 Å². The van der Waals surface area contributed by atoms with E-state index in [1.165, 1.54) is 5.56 Å². The second-order valence-corrected chi connectivity index (χ2v) is 7.59.